The maximum Gasteiger partial charge on any atom is 0.149 e. The predicted octanol–water partition coefficient (Wildman–Crippen LogP) is 2.87. The van der Waals surface area contributed by atoms with Crippen molar-refractivity contribution in [3.8, 4) is 0 Å². The number of rotatable bonds is 3. The average molecular weight is 237 g/mol. The van der Waals surface area contributed by atoms with Gasteiger partial charge in [-0.15, -0.1) is 0 Å². The number of aryl methyl sites for hydroxylation is 1. The SMILES string of the molecule is CC(Nc1c(F)cccc1F)c1cnn(C)c1. The van der Waals surface area contributed by atoms with Crippen molar-refractivity contribution in [2.75, 3.05) is 5.32 Å². The maximum absolute atomic E-state index is 13.4. The van der Waals surface area contributed by atoms with E-state index in [9.17, 15) is 8.78 Å². The molecule has 5 heteroatoms. The molecule has 0 saturated heterocycles. The summed E-state index contributed by atoms with van der Waals surface area (Å²) in [4.78, 5) is 0. The number of aromatic nitrogens is 2. The molecule has 0 aliphatic carbocycles. The number of hydrogen-bond donors (Lipinski definition) is 1. The summed E-state index contributed by atoms with van der Waals surface area (Å²) in [5, 5.41) is 6.82. The van der Waals surface area contributed by atoms with E-state index < -0.39 is 11.6 Å². The molecule has 0 fully saturated rings. The van der Waals surface area contributed by atoms with Gasteiger partial charge in [-0.3, -0.25) is 4.68 Å². The lowest BCUT2D eigenvalue weighted by atomic mass is 10.1. The second kappa shape index (κ2) is 4.53. The summed E-state index contributed by atoms with van der Waals surface area (Å²) in [7, 11) is 1.79. The summed E-state index contributed by atoms with van der Waals surface area (Å²) in [6.45, 7) is 1.82. The van der Waals surface area contributed by atoms with Gasteiger partial charge in [-0.25, -0.2) is 8.78 Å². The van der Waals surface area contributed by atoms with Crippen LogP contribution in [-0.2, 0) is 7.05 Å². The van der Waals surface area contributed by atoms with Crippen LogP contribution in [0.5, 0.6) is 0 Å². The molecule has 17 heavy (non-hydrogen) atoms. The second-order valence-corrected chi connectivity index (χ2v) is 3.91. The monoisotopic (exact) mass is 237 g/mol. The molecule has 0 bridgehead atoms. The highest BCUT2D eigenvalue weighted by molar-refractivity contribution is 5.47. The minimum absolute atomic E-state index is 0.108. The van der Waals surface area contributed by atoms with Crippen LogP contribution in [0.2, 0.25) is 0 Å². The number of halogens is 2. The summed E-state index contributed by atoms with van der Waals surface area (Å²) in [6.07, 6.45) is 3.47. The van der Waals surface area contributed by atoms with Crippen LogP contribution in [0.3, 0.4) is 0 Å². The number of nitrogens with zero attached hydrogens (tertiary/aromatic N) is 2. The summed E-state index contributed by atoms with van der Waals surface area (Å²) in [5.74, 6) is -1.19. The number of para-hydroxylation sites is 1. The molecule has 1 unspecified atom stereocenters. The van der Waals surface area contributed by atoms with Gasteiger partial charge in [-0.05, 0) is 19.1 Å². The molecule has 1 atom stereocenters. The lowest BCUT2D eigenvalue weighted by molar-refractivity contribution is 0.584. The van der Waals surface area contributed by atoms with Gasteiger partial charge in [0.1, 0.15) is 17.3 Å². The Balaban J connectivity index is 2.21. The highest BCUT2D eigenvalue weighted by Gasteiger charge is 2.13. The van der Waals surface area contributed by atoms with E-state index in [1.54, 1.807) is 24.1 Å². The molecule has 2 rings (SSSR count). The van der Waals surface area contributed by atoms with E-state index in [1.807, 2.05) is 6.92 Å². The van der Waals surface area contributed by atoms with Gasteiger partial charge in [0.15, 0.2) is 0 Å². The van der Waals surface area contributed by atoms with E-state index in [0.29, 0.717) is 0 Å². The molecule has 0 aliphatic heterocycles. The van der Waals surface area contributed by atoms with Gasteiger partial charge in [0.25, 0.3) is 0 Å². The minimum Gasteiger partial charge on any atom is -0.374 e. The third-order valence-corrected chi connectivity index (χ3v) is 2.55. The molecule has 1 aromatic carbocycles. The molecule has 0 radical (unpaired) electrons. The topological polar surface area (TPSA) is 29.9 Å². The first-order valence-corrected chi connectivity index (χ1v) is 5.27. The minimum atomic E-state index is -0.597. The zero-order chi connectivity index (χ0) is 12.4. The fourth-order valence-electron chi connectivity index (χ4n) is 1.60. The zero-order valence-corrected chi connectivity index (χ0v) is 9.61. The highest BCUT2D eigenvalue weighted by Crippen LogP contribution is 2.23. The van der Waals surface area contributed by atoms with Gasteiger partial charge in [0.05, 0.1) is 12.2 Å². The average Bonchev–Trinajstić information content (AvgIpc) is 2.70. The van der Waals surface area contributed by atoms with Gasteiger partial charge in [-0.1, -0.05) is 6.07 Å². The summed E-state index contributed by atoms with van der Waals surface area (Å²) in [6, 6.07) is 3.57. The van der Waals surface area contributed by atoms with Crippen molar-refractivity contribution in [1.29, 1.82) is 0 Å². The second-order valence-electron chi connectivity index (χ2n) is 3.91. The van der Waals surface area contributed by atoms with Gasteiger partial charge < -0.3 is 5.32 Å². The lowest BCUT2D eigenvalue weighted by Gasteiger charge is -2.14. The maximum atomic E-state index is 13.4. The number of benzene rings is 1. The van der Waals surface area contributed by atoms with E-state index in [0.717, 1.165) is 5.56 Å². The Kier molecular flexibility index (Phi) is 3.08. The van der Waals surface area contributed by atoms with Crippen molar-refractivity contribution in [2.24, 2.45) is 7.05 Å². The molecule has 3 nitrogen and oxygen atoms in total. The number of hydrogen-bond acceptors (Lipinski definition) is 2. The predicted molar refractivity (Wildman–Crippen MR) is 61.6 cm³/mol. The van der Waals surface area contributed by atoms with Gasteiger partial charge >= 0.3 is 0 Å². The highest BCUT2D eigenvalue weighted by atomic mass is 19.1. The van der Waals surface area contributed by atoms with E-state index in [-0.39, 0.29) is 11.7 Å². The summed E-state index contributed by atoms with van der Waals surface area (Å²) < 4.78 is 28.5. The molecule has 0 amide bonds. The van der Waals surface area contributed by atoms with Crippen molar-refractivity contribution in [3.63, 3.8) is 0 Å². The van der Waals surface area contributed by atoms with Gasteiger partial charge in [0.2, 0.25) is 0 Å². The Morgan fingerprint density at radius 3 is 2.47 bits per heavy atom. The standard InChI is InChI=1S/C12H13F2N3/c1-8(9-6-15-17(2)7-9)16-12-10(13)4-3-5-11(12)14/h3-8,16H,1-2H3. The molecule has 0 saturated carbocycles. The molecule has 90 valence electrons. The third kappa shape index (κ3) is 2.43. The van der Waals surface area contributed by atoms with Crippen molar-refractivity contribution in [1.82, 2.24) is 9.78 Å². The third-order valence-electron chi connectivity index (χ3n) is 2.55. The first kappa shape index (κ1) is 11.6. The number of nitrogens with one attached hydrogen (secondary N) is 1. The van der Waals surface area contributed by atoms with Crippen molar-refractivity contribution in [3.05, 3.63) is 47.8 Å². The first-order valence-electron chi connectivity index (χ1n) is 5.27. The van der Waals surface area contributed by atoms with Gasteiger partial charge in [0, 0.05) is 18.8 Å². The van der Waals surface area contributed by atoms with Crippen LogP contribution in [0.1, 0.15) is 18.5 Å². The summed E-state index contributed by atoms with van der Waals surface area (Å²) in [5.41, 5.74) is 0.763. The van der Waals surface area contributed by atoms with Crippen LogP contribution < -0.4 is 5.32 Å². The normalized spacial score (nSPS) is 12.5. The van der Waals surface area contributed by atoms with Crippen LogP contribution in [0.25, 0.3) is 0 Å². The lowest BCUT2D eigenvalue weighted by Crippen LogP contribution is -2.09. The van der Waals surface area contributed by atoms with Crippen LogP contribution in [0.4, 0.5) is 14.5 Å². The fourth-order valence-corrected chi connectivity index (χ4v) is 1.60. The largest absolute Gasteiger partial charge is 0.374 e. The Morgan fingerprint density at radius 2 is 1.94 bits per heavy atom. The molecule has 2 aromatic rings. The molecule has 1 heterocycles. The molecular formula is C12H13F2N3. The van der Waals surface area contributed by atoms with Crippen LogP contribution in [0, 0.1) is 11.6 Å². The van der Waals surface area contributed by atoms with Crippen LogP contribution >= 0.6 is 0 Å². The van der Waals surface area contributed by atoms with Crippen LogP contribution in [0.15, 0.2) is 30.6 Å². The fraction of sp³-hybridized carbons (Fsp3) is 0.250. The zero-order valence-electron chi connectivity index (χ0n) is 9.61. The van der Waals surface area contributed by atoms with Crippen molar-refractivity contribution in [2.45, 2.75) is 13.0 Å². The molecule has 0 spiro atoms. The van der Waals surface area contributed by atoms with Crippen LogP contribution in [-0.4, -0.2) is 9.78 Å². The van der Waals surface area contributed by atoms with Gasteiger partial charge in [-0.2, -0.15) is 5.10 Å². The van der Waals surface area contributed by atoms with E-state index in [2.05, 4.69) is 10.4 Å². The Labute approximate surface area is 98.1 Å². The van der Waals surface area contributed by atoms with E-state index in [4.69, 9.17) is 0 Å². The Hall–Kier alpha value is -1.91. The summed E-state index contributed by atoms with van der Waals surface area (Å²) >= 11 is 0. The first-order chi connectivity index (χ1) is 8.08. The number of anilines is 1. The van der Waals surface area contributed by atoms with Crippen molar-refractivity contribution < 1.29 is 8.78 Å². The Morgan fingerprint density at radius 1 is 1.29 bits per heavy atom. The molecule has 0 aliphatic rings. The quantitative estimate of drug-likeness (QED) is 0.889. The van der Waals surface area contributed by atoms with E-state index in [1.165, 1.54) is 18.2 Å². The van der Waals surface area contributed by atoms with Crippen molar-refractivity contribution >= 4 is 5.69 Å². The van der Waals surface area contributed by atoms with E-state index >= 15 is 0 Å². The smallest absolute Gasteiger partial charge is 0.149 e. The molecule has 1 N–H and O–H groups in total. The molecule has 1 aromatic heterocycles. The Bertz CT molecular complexity index is 502. The molecular weight excluding hydrogens is 224 g/mol.